The predicted octanol–water partition coefficient (Wildman–Crippen LogP) is 4.20. The van der Waals surface area contributed by atoms with Crippen molar-refractivity contribution >= 4 is 12.0 Å². The molecule has 0 aromatic heterocycles. The standard InChI is InChI=1S/C20H23NO2/c1-14-9-11-18(15(2)13-14)16(3)21-20(22)12-10-17-7-5-6-8-19(17)23-4/h5-13,16H,1-4H3,(H,21,22)/b12-10+. The van der Waals surface area contributed by atoms with Crippen molar-refractivity contribution < 1.29 is 9.53 Å². The highest BCUT2D eigenvalue weighted by Crippen LogP contribution is 2.20. The van der Waals surface area contributed by atoms with Crippen molar-refractivity contribution in [2.24, 2.45) is 0 Å². The molecule has 3 nitrogen and oxygen atoms in total. The van der Waals surface area contributed by atoms with Crippen LogP contribution in [-0.2, 0) is 4.79 Å². The number of hydrogen-bond acceptors (Lipinski definition) is 2. The van der Waals surface area contributed by atoms with Gasteiger partial charge in [0.2, 0.25) is 5.91 Å². The van der Waals surface area contributed by atoms with Crippen molar-refractivity contribution in [2.45, 2.75) is 26.8 Å². The van der Waals surface area contributed by atoms with E-state index in [0.29, 0.717) is 0 Å². The third-order valence-electron chi connectivity index (χ3n) is 3.80. The Balaban J connectivity index is 2.05. The first kappa shape index (κ1) is 16.8. The zero-order valence-corrected chi connectivity index (χ0v) is 14.1. The molecule has 0 radical (unpaired) electrons. The monoisotopic (exact) mass is 309 g/mol. The minimum absolute atomic E-state index is 0.0366. The lowest BCUT2D eigenvalue weighted by Crippen LogP contribution is -2.25. The van der Waals surface area contributed by atoms with Crippen molar-refractivity contribution in [2.75, 3.05) is 7.11 Å². The highest BCUT2D eigenvalue weighted by atomic mass is 16.5. The first-order valence-electron chi connectivity index (χ1n) is 7.70. The van der Waals surface area contributed by atoms with Gasteiger partial charge in [-0.3, -0.25) is 4.79 Å². The van der Waals surface area contributed by atoms with E-state index in [9.17, 15) is 4.79 Å². The van der Waals surface area contributed by atoms with E-state index in [1.54, 1.807) is 13.2 Å². The maximum absolute atomic E-state index is 12.1. The number of carbonyl (C=O) groups is 1. The molecule has 0 spiro atoms. The minimum Gasteiger partial charge on any atom is -0.496 e. The number of rotatable bonds is 5. The van der Waals surface area contributed by atoms with E-state index in [1.165, 1.54) is 17.2 Å². The van der Waals surface area contributed by atoms with E-state index in [4.69, 9.17) is 4.74 Å². The summed E-state index contributed by atoms with van der Waals surface area (Å²) in [6, 6.07) is 13.8. The molecule has 2 aromatic carbocycles. The lowest BCUT2D eigenvalue weighted by Gasteiger charge is -2.16. The molecule has 0 aliphatic rings. The molecule has 0 saturated carbocycles. The quantitative estimate of drug-likeness (QED) is 0.841. The van der Waals surface area contributed by atoms with Gasteiger partial charge in [0, 0.05) is 11.6 Å². The molecular formula is C20H23NO2. The summed E-state index contributed by atoms with van der Waals surface area (Å²) < 4.78 is 5.27. The lowest BCUT2D eigenvalue weighted by molar-refractivity contribution is -0.117. The Morgan fingerprint density at radius 3 is 2.61 bits per heavy atom. The Bertz CT molecular complexity index is 719. The van der Waals surface area contributed by atoms with Gasteiger partial charge in [0.05, 0.1) is 13.2 Å². The van der Waals surface area contributed by atoms with Gasteiger partial charge < -0.3 is 10.1 Å². The molecule has 0 aliphatic heterocycles. The van der Waals surface area contributed by atoms with E-state index in [0.717, 1.165) is 16.9 Å². The normalized spacial score (nSPS) is 12.2. The van der Waals surface area contributed by atoms with Crippen LogP contribution in [0.5, 0.6) is 5.75 Å². The Morgan fingerprint density at radius 1 is 1.17 bits per heavy atom. The van der Waals surface area contributed by atoms with Gasteiger partial charge in [-0.15, -0.1) is 0 Å². The number of methoxy groups -OCH3 is 1. The topological polar surface area (TPSA) is 38.3 Å². The van der Waals surface area contributed by atoms with E-state index >= 15 is 0 Å². The molecular weight excluding hydrogens is 286 g/mol. The molecule has 3 heteroatoms. The zero-order valence-electron chi connectivity index (χ0n) is 14.1. The van der Waals surface area contributed by atoms with Gasteiger partial charge in [-0.1, -0.05) is 42.0 Å². The molecule has 120 valence electrons. The van der Waals surface area contributed by atoms with E-state index < -0.39 is 0 Å². The largest absolute Gasteiger partial charge is 0.496 e. The van der Waals surface area contributed by atoms with Crippen LogP contribution in [0.15, 0.2) is 48.5 Å². The summed E-state index contributed by atoms with van der Waals surface area (Å²) >= 11 is 0. The van der Waals surface area contributed by atoms with Gasteiger partial charge in [-0.25, -0.2) is 0 Å². The number of ether oxygens (including phenoxy) is 1. The van der Waals surface area contributed by atoms with Gasteiger partial charge >= 0.3 is 0 Å². The predicted molar refractivity (Wildman–Crippen MR) is 94.5 cm³/mol. The molecule has 1 atom stereocenters. The van der Waals surface area contributed by atoms with Crippen LogP contribution in [0.25, 0.3) is 6.08 Å². The fourth-order valence-corrected chi connectivity index (χ4v) is 2.62. The average Bonchev–Trinajstić information content (AvgIpc) is 2.53. The second kappa shape index (κ2) is 7.63. The summed E-state index contributed by atoms with van der Waals surface area (Å²) in [6.07, 6.45) is 3.31. The molecule has 1 unspecified atom stereocenters. The van der Waals surface area contributed by atoms with E-state index in [1.807, 2.05) is 31.2 Å². The van der Waals surface area contributed by atoms with Gasteiger partial charge in [0.1, 0.15) is 5.75 Å². The number of para-hydroxylation sites is 1. The first-order valence-corrected chi connectivity index (χ1v) is 7.70. The fourth-order valence-electron chi connectivity index (χ4n) is 2.62. The molecule has 1 amide bonds. The number of aryl methyl sites for hydroxylation is 2. The third kappa shape index (κ3) is 4.46. The summed E-state index contributed by atoms with van der Waals surface area (Å²) in [7, 11) is 1.62. The molecule has 0 bridgehead atoms. The number of carbonyl (C=O) groups excluding carboxylic acids is 1. The van der Waals surface area contributed by atoms with Crippen LogP contribution in [0.3, 0.4) is 0 Å². The first-order chi connectivity index (χ1) is 11.0. The van der Waals surface area contributed by atoms with Crippen LogP contribution in [-0.4, -0.2) is 13.0 Å². The Hall–Kier alpha value is -2.55. The van der Waals surface area contributed by atoms with Crippen molar-refractivity contribution in [3.63, 3.8) is 0 Å². The Kier molecular flexibility index (Phi) is 5.58. The second-order valence-electron chi connectivity index (χ2n) is 5.67. The molecule has 2 rings (SSSR count). The van der Waals surface area contributed by atoms with Gasteiger partial charge in [-0.05, 0) is 44.0 Å². The van der Waals surface area contributed by atoms with Crippen molar-refractivity contribution in [3.8, 4) is 5.75 Å². The molecule has 0 fully saturated rings. The van der Waals surface area contributed by atoms with Crippen LogP contribution in [0.4, 0.5) is 0 Å². The smallest absolute Gasteiger partial charge is 0.244 e. The molecule has 23 heavy (non-hydrogen) atoms. The van der Waals surface area contributed by atoms with Gasteiger partial charge in [0.15, 0.2) is 0 Å². The number of nitrogens with one attached hydrogen (secondary N) is 1. The van der Waals surface area contributed by atoms with Gasteiger partial charge in [0.25, 0.3) is 0 Å². The Labute approximate surface area is 138 Å². The van der Waals surface area contributed by atoms with Crippen LogP contribution >= 0.6 is 0 Å². The van der Waals surface area contributed by atoms with Crippen molar-refractivity contribution in [1.82, 2.24) is 5.32 Å². The molecule has 2 aromatic rings. The highest BCUT2D eigenvalue weighted by Gasteiger charge is 2.10. The molecule has 0 aliphatic carbocycles. The Morgan fingerprint density at radius 2 is 1.91 bits per heavy atom. The number of benzene rings is 2. The second-order valence-corrected chi connectivity index (χ2v) is 5.67. The fraction of sp³-hybridized carbons (Fsp3) is 0.250. The summed E-state index contributed by atoms with van der Waals surface area (Å²) in [5.74, 6) is 0.627. The molecule has 0 heterocycles. The molecule has 1 N–H and O–H groups in total. The average molecular weight is 309 g/mol. The number of hydrogen-bond donors (Lipinski definition) is 1. The maximum Gasteiger partial charge on any atom is 0.244 e. The summed E-state index contributed by atoms with van der Waals surface area (Å²) in [5, 5.41) is 3.00. The lowest BCUT2D eigenvalue weighted by atomic mass is 10.0. The van der Waals surface area contributed by atoms with E-state index in [-0.39, 0.29) is 11.9 Å². The van der Waals surface area contributed by atoms with Gasteiger partial charge in [-0.2, -0.15) is 0 Å². The van der Waals surface area contributed by atoms with E-state index in [2.05, 4.69) is 37.4 Å². The van der Waals surface area contributed by atoms with Crippen LogP contribution in [0.2, 0.25) is 0 Å². The van der Waals surface area contributed by atoms with Crippen LogP contribution < -0.4 is 10.1 Å². The third-order valence-corrected chi connectivity index (χ3v) is 3.80. The maximum atomic E-state index is 12.1. The summed E-state index contributed by atoms with van der Waals surface area (Å²) in [5.41, 5.74) is 4.42. The zero-order chi connectivity index (χ0) is 16.8. The minimum atomic E-state index is -0.122. The molecule has 0 saturated heterocycles. The summed E-state index contributed by atoms with van der Waals surface area (Å²) in [6.45, 7) is 6.12. The van der Waals surface area contributed by atoms with Crippen molar-refractivity contribution in [1.29, 1.82) is 0 Å². The highest BCUT2D eigenvalue weighted by molar-refractivity contribution is 5.92. The SMILES string of the molecule is COc1ccccc1/C=C/C(=O)NC(C)c1ccc(C)cc1C. The summed E-state index contributed by atoms with van der Waals surface area (Å²) in [4.78, 5) is 12.1. The van der Waals surface area contributed by atoms with Crippen LogP contribution in [0.1, 0.15) is 35.2 Å². The number of amides is 1. The van der Waals surface area contributed by atoms with Crippen molar-refractivity contribution in [3.05, 3.63) is 70.8 Å². The van der Waals surface area contributed by atoms with Crippen LogP contribution in [0, 0.1) is 13.8 Å².